The first kappa shape index (κ1) is 18.3. The Morgan fingerprint density at radius 3 is 2.56 bits per heavy atom. The molecular formula is C21H29N3O3. The standard InChI is InChI=1S/C21H29N3O3/c25-19(26)21-10-4-7-17(21)14-24(15-21)20(27)22-18-8-11-23(12-9-18)13-16-5-2-1-3-6-16/h1-3,5-6,17-18H,4,7-15H2,(H,22,27)(H,25,26)/t17-,21+/m0/s1. The molecule has 6 heteroatoms. The third kappa shape index (κ3) is 3.68. The van der Waals surface area contributed by atoms with Crippen LogP contribution in [-0.4, -0.2) is 59.1 Å². The molecule has 1 aromatic rings. The highest BCUT2D eigenvalue weighted by molar-refractivity contribution is 5.80. The molecule has 0 unspecified atom stereocenters. The normalized spacial score (nSPS) is 28.9. The van der Waals surface area contributed by atoms with Crippen molar-refractivity contribution in [1.29, 1.82) is 0 Å². The molecule has 2 atom stereocenters. The minimum atomic E-state index is -0.727. The maximum atomic E-state index is 12.7. The molecule has 2 N–H and O–H groups in total. The molecule has 0 radical (unpaired) electrons. The van der Waals surface area contributed by atoms with Gasteiger partial charge in [-0.2, -0.15) is 0 Å². The van der Waals surface area contributed by atoms with Crippen LogP contribution >= 0.6 is 0 Å². The number of hydrogen-bond acceptors (Lipinski definition) is 3. The van der Waals surface area contributed by atoms with Gasteiger partial charge in [0, 0.05) is 38.8 Å². The lowest BCUT2D eigenvalue weighted by Gasteiger charge is -2.33. The fourth-order valence-corrected chi connectivity index (χ4v) is 5.14. The van der Waals surface area contributed by atoms with Crippen molar-refractivity contribution in [2.45, 2.75) is 44.7 Å². The SMILES string of the molecule is O=C(NC1CCN(Cc2ccccc2)CC1)N1C[C@@H]2CCC[C@@]2(C(=O)O)C1. The zero-order valence-corrected chi connectivity index (χ0v) is 15.8. The molecule has 1 aliphatic carbocycles. The van der Waals surface area contributed by atoms with Gasteiger partial charge in [-0.05, 0) is 37.2 Å². The second kappa shape index (κ2) is 7.50. The van der Waals surface area contributed by atoms with Crippen LogP contribution < -0.4 is 5.32 Å². The largest absolute Gasteiger partial charge is 0.481 e. The molecule has 4 rings (SSSR count). The number of hydrogen-bond donors (Lipinski definition) is 2. The Bertz CT molecular complexity index is 687. The van der Waals surface area contributed by atoms with E-state index < -0.39 is 11.4 Å². The number of rotatable bonds is 4. The van der Waals surface area contributed by atoms with Gasteiger partial charge in [0.05, 0.1) is 5.41 Å². The van der Waals surface area contributed by atoms with Crippen LogP contribution in [0.3, 0.4) is 0 Å². The van der Waals surface area contributed by atoms with E-state index in [0.29, 0.717) is 19.5 Å². The molecule has 2 aliphatic heterocycles. The molecule has 146 valence electrons. The third-order valence-corrected chi connectivity index (χ3v) is 6.75. The number of carboxylic acids is 1. The van der Waals surface area contributed by atoms with Crippen molar-refractivity contribution < 1.29 is 14.7 Å². The third-order valence-electron chi connectivity index (χ3n) is 6.75. The van der Waals surface area contributed by atoms with Crippen LogP contribution in [0.2, 0.25) is 0 Å². The quantitative estimate of drug-likeness (QED) is 0.853. The Balaban J connectivity index is 1.26. The Kier molecular flexibility index (Phi) is 5.08. The average Bonchev–Trinajstić information content (AvgIpc) is 3.23. The summed E-state index contributed by atoms with van der Waals surface area (Å²) in [5.41, 5.74) is 0.624. The van der Waals surface area contributed by atoms with Crippen molar-refractivity contribution in [2.24, 2.45) is 11.3 Å². The first-order valence-corrected chi connectivity index (χ1v) is 10.1. The van der Waals surface area contributed by atoms with E-state index in [1.54, 1.807) is 4.90 Å². The second-order valence-corrected chi connectivity index (χ2v) is 8.42. The molecule has 1 saturated carbocycles. The van der Waals surface area contributed by atoms with Crippen LogP contribution in [0.1, 0.15) is 37.7 Å². The summed E-state index contributed by atoms with van der Waals surface area (Å²) in [4.78, 5) is 28.6. The van der Waals surface area contributed by atoms with Crippen molar-refractivity contribution in [1.82, 2.24) is 15.1 Å². The number of carbonyl (C=O) groups is 2. The predicted molar refractivity (Wildman–Crippen MR) is 102 cm³/mol. The van der Waals surface area contributed by atoms with Gasteiger partial charge >= 0.3 is 12.0 Å². The summed E-state index contributed by atoms with van der Waals surface area (Å²) in [6, 6.07) is 10.6. The number of nitrogens with one attached hydrogen (secondary N) is 1. The molecule has 0 bridgehead atoms. The Morgan fingerprint density at radius 2 is 1.89 bits per heavy atom. The summed E-state index contributed by atoms with van der Waals surface area (Å²) in [5.74, 6) is -0.608. The van der Waals surface area contributed by atoms with Crippen LogP contribution in [0.4, 0.5) is 4.79 Å². The van der Waals surface area contributed by atoms with E-state index >= 15 is 0 Å². The lowest BCUT2D eigenvalue weighted by molar-refractivity contribution is -0.149. The van der Waals surface area contributed by atoms with Crippen LogP contribution in [0.5, 0.6) is 0 Å². The number of carboxylic acid groups (broad SMARTS) is 1. The van der Waals surface area contributed by atoms with Gasteiger partial charge in [-0.1, -0.05) is 36.8 Å². The monoisotopic (exact) mass is 371 g/mol. The Labute approximate surface area is 160 Å². The van der Waals surface area contributed by atoms with Gasteiger partial charge in [0.25, 0.3) is 0 Å². The highest BCUT2D eigenvalue weighted by Crippen LogP contribution is 2.48. The zero-order valence-electron chi connectivity index (χ0n) is 15.8. The highest BCUT2D eigenvalue weighted by Gasteiger charge is 2.55. The number of fused-ring (bicyclic) bond motifs is 1. The van der Waals surface area contributed by atoms with Crippen molar-refractivity contribution in [2.75, 3.05) is 26.2 Å². The highest BCUT2D eigenvalue weighted by atomic mass is 16.4. The maximum Gasteiger partial charge on any atom is 0.317 e. The summed E-state index contributed by atoms with van der Waals surface area (Å²) in [6.07, 6.45) is 4.48. The van der Waals surface area contributed by atoms with Gasteiger partial charge in [-0.15, -0.1) is 0 Å². The number of carbonyl (C=O) groups excluding carboxylic acids is 1. The first-order valence-electron chi connectivity index (χ1n) is 10.1. The van der Waals surface area contributed by atoms with Gasteiger partial charge in [-0.25, -0.2) is 4.79 Å². The zero-order chi connectivity index (χ0) is 18.9. The minimum Gasteiger partial charge on any atom is -0.481 e. The molecule has 2 amide bonds. The number of nitrogens with zero attached hydrogens (tertiary/aromatic N) is 2. The van der Waals surface area contributed by atoms with Gasteiger partial charge in [0.2, 0.25) is 0 Å². The molecule has 0 aromatic heterocycles. The lowest BCUT2D eigenvalue weighted by atomic mass is 9.81. The lowest BCUT2D eigenvalue weighted by Crippen LogP contribution is -2.49. The summed E-state index contributed by atoms with van der Waals surface area (Å²) in [5, 5.41) is 12.8. The summed E-state index contributed by atoms with van der Waals surface area (Å²) >= 11 is 0. The van der Waals surface area contributed by atoms with Crippen molar-refractivity contribution in [3.8, 4) is 0 Å². The summed E-state index contributed by atoms with van der Waals surface area (Å²) < 4.78 is 0. The van der Waals surface area contributed by atoms with E-state index in [1.165, 1.54) is 5.56 Å². The molecule has 2 saturated heterocycles. The minimum absolute atomic E-state index is 0.0773. The Hall–Kier alpha value is -2.08. The van der Waals surface area contributed by atoms with Gasteiger partial charge < -0.3 is 15.3 Å². The Morgan fingerprint density at radius 1 is 1.15 bits per heavy atom. The number of likely N-dealkylation sites (tertiary alicyclic amines) is 2. The molecule has 3 aliphatic rings. The number of amides is 2. The van der Waals surface area contributed by atoms with Crippen molar-refractivity contribution in [3.05, 3.63) is 35.9 Å². The number of aliphatic carboxylic acids is 1. The van der Waals surface area contributed by atoms with Gasteiger partial charge in [-0.3, -0.25) is 9.69 Å². The van der Waals surface area contributed by atoms with E-state index in [2.05, 4.69) is 34.5 Å². The molecular weight excluding hydrogens is 342 g/mol. The van der Waals surface area contributed by atoms with Crippen LogP contribution in [-0.2, 0) is 11.3 Å². The number of urea groups is 1. The van der Waals surface area contributed by atoms with Crippen LogP contribution in [0.15, 0.2) is 30.3 Å². The molecule has 0 spiro atoms. The average molecular weight is 371 g/mol. The van der Waals surface area contributed by atoms with E-state index in [0.717, 1.165) is 45.3 Å². The molecule has 6 nitrogen and oxygen atoms in total. The van der Waals surface area contributed by atoms with E-state index in [4.69, 9.17) is 0 Å². The summed E-state index contributed by atoms with van der Waals surface area (Å²) in [6.45, 7) is 3.86. The van der Waals surface area contributed by atoms with Crippen molar-refractivity contribution in [3.63, 3.8) is 0 Å². The first-order chi connectivity index (χ1) is 13.1. The molecule has 3 fully saturated rings. The molecule has 1 aromatic carbocycles. The summed E-state index contributed by atoms with van der Waals surface area (Å²) in [7, 11) is 0. The number of piperidine rings is 1. The molecule has 27 heavy (non-hydrogen) atoms. The van der Waals surface area contributed by atoms with Gasteiger partial charge in [0.1, 0.15) is 0 Å². The second-order valence-electron chi connectivity index (χ2n) is 8.42. The van der Waals surface area contributed by atoms with Crippen LogP contribution in [0, 0.1) is 11.3 Å². The maximum absolute atomic E-state index is 12.7. The fraction of sp³-hybridized carbons (Fsp3) is 0.619. The van der Waals surface area contributed by atoms with Gasteiger partial charge in [0.15, 0.2) is 0 Å². The topological polar surface area (TPSA) is 72.9 Å². The van der Waals surface area contributed by atoms with Crippen LogP contribution in [0.25, 0.3) is 0 Å². The predicted octanol–water partition coefficient (Wildman–Crippen LogP) is 2.55. The van der Waals surface area contributed by atoms with Crippen molar-refractivity contribution >= 4 is 12.0 Å². The van der Waals surface area contributed by atoms with E-state index in [-0.39, 0.29) is 18.0 Å². The van der Waals surface area contributed by atoms with E-state index in [1.807, 2.05) is 6.07 Å². The smallest absolute Gasteiger partial charge is 0.317 e. The molecule has 2 heterocycles. The number of benzene rings is 1. The fourth-order valence-electron chi connectivity index (χ4n) is 5.14. The van der Waals surface area contributed by atoms with E-state index in [9.17, 15) is 14.7 Å².